The van der Waals surface area contributed by atoms with Crippen molar-refractivity contribution in [3.05, 3.63) is 77.6 Å². The van der Waals surface area contributed by atoms with Gasteiger partial charge in [0.1, 0.15) is 18.0 Å². The van der Waals surface area contributed by atoms with Crippen molar-refractivity contribution in [2.75, 3.05) is 11.9 Å². The van der Waals surface area contributed by atoms with Gasteiger partial charge >= 0.3 is 0 Å². The molecule has 0 N–H and O–H groups in total. The predicted octanol–water partition coefficient (Wildman–Crippen LogP) is 5.95. The van der Waals surface area contributed by atoms with Crippen LogP contribution < -0.4 is 4.90 Å². The summed E-state index contributed by atoms with van der Waals surface area (Å²) in [5.74, 6) is 0.474. The number of benzene rings is 2. The van der Waals surface area contributed by atoms with Crippen LogP contribution in [0.25, 0.3) is 27.8 Å². The molecule has 164 valence electrons. The van der Waals surface area contributed by atoms with E-state index in [1.54, 1.807) is 16.8 Å². The summed E-state index contributed by atoms with van der Waals surface area (Å²) >= 11 is 6.07. The maximum atomic E-state index is 14.4. The number of rotatable bonds is 4. The monoisotopic (exact) mass is 458 g/mol. The first-order valence-electron chi connectivity index (χ1n) is 10.7. The normalized spacial score (nSPS) is 14.7. The third-order valence-electron chi connectivity index (χ3n) is 6.54. The van der Waals surface area contributed by atoms with Crippen LogP contribution in [0.3, 0.4) is 0 Å². The molecule has 0 saturated heterocycles. The zero-order chi connectivity index (χ0) is 22.7. The molecule has 0 spiro atoms. The second-order valence-corrected chi connectivity index (χ2v) is 9.23. The topological polar surface area (TPSA) is 59.2 Å². The van der Waals surface area contributed by atoms with E-state index >= 15 is 0 Å². The number of hydrogen-bond acceptors (Lipinski definition) is 5. The second kappa shape index (κ2) is 7.22. The first-order valence-corrected chi connectivity index (χ1v) is 11.1. The molecular weight excluding hydrogens is 439 g/mol. The van der Waals surface area contributed by atoms with Crippen LogP contribution >= 0.6 is 11.6 Å². The lowest BCUT2D eigenvalue weighted by Gasteiger charge is -2.21. The summed E-state index contributed by atoms with van der Waals surface area (Å²) in [5.41, 5.74) is 5.06. The lowest BCUT2D eigenvalue weighted by molar-refractivity contribution is 0.630. The second-order valence-electron chi connectivity index (χ2n) is 8.82. The van der Waals surface area contributed by atoms with E-state index in [0.29, 0.717) is 22.5 Å². The van der Waals surface area contributed by atoms with Crippen molar-refractivity contribution in [3.8, 4) is 11.1 Å². The molecule has 0 atom stereocenters. The summed E-state index contributed by atoms with van der Waals surface area (Å²) in [4.78, 5) is 11.3. The molecule has 0 radical (unpaired) electrons. The molecule has 1 aliphatic rings. The summed E-state index contributed by atoms with van der Waals surface area (Å²) in [7, 11) is 1.90. The molecule has 3 heterocycles. The average Bonchev–Trinajstić information content (AvgIpc) is 3.40. The van der Waals surface area contributed by atoms with Gasteiger partial charge in [0.05, 0.1) is 10.5 Å². The fraction of sp³-hybridized carbons (Fsp3) is 0.200. The standard InChI is InChI=1S/C25H20ClFN6/c1-25(8-9-25)22-7-6-16(13-28-22)15-4-3-5-17(10-15)32(2)23-18-11-20(27)19(26)12-21(18)33-14-29-31-24(33)30-23/h3-7,10-14H,8-9H2,1-2H3. The van der Waals surface area contributed by atoms with E-state index in [1.165, 1.54) is 18.9 Å². The van der Waals surface area contributed by atoms with E-state index in [-0.39, 0.29) is 10.4 Å². The fourth-order valence-corrected chi connectivity index (χ4v) is 4.34. The molecule has 0 unspecified atom stereocenters. The van der Waals surface area contributed by atoms with Gasteiger partial charge in [0, 0.05) is 41.0 Å². The zero-order valence-corrected chi connectivity index (χ0v) is 18.9. The van der Waals surface area contributed by atoms with Crippen LogP contribution in [-0.4, -0.2) is 31.6 Å². The predicted molar refractivity (Wildman–Crippen MR) is 128 cm³/mol. The van der Waals surface area contributed by atoms with E-state index in [4.69, 9.17) is 16.6 Å². The van der Waals surface area contributed by atoms with Crippen molar-refractivity contribution < 1.29 is 4.39 Å². The molecule has 1 saturated carbocycles. The van der Waals surface area contributed by atoms with Crippen molar-refractivity contribution in [1.82, 2.24) is 24.6 Å². The van der Waals surface area contributed by atoms with Gasteiger partial charge in [-0.3, -0.25) is 9.38 Å². The van der Waals surface area contributed by atoms with E-state index in [0.717, 1.165) is 22.5 Å². The van der Waals surface area contributed by atoms with E-state index in [1.807, 2.05) is 30.3 Å². The highest BCUT2D eigenvalue weighted by Gasteiger charge is 2.40. The van der Waals surface area contributed by atoms with Gasteiger partial charge in [0.2, 0.25) is 0 Å². The quantitative estimate of drug-likeness (QED) is 0.333. The van der Waals surface area contributed by atoms with E-state index < -0.39 is 5.82 Å². The third-order valence-corrected chi connectivity index (χ3v) is 6.83. The Balaban J connectivity index is 1.43. The summed E-state index contributed by atoms with van der Waals surface area (Å²) in [6.45, 7) is 2.25. The van der Waals surface area contributed by atoms with Crippen molar-refractivity contribution in [3.63, 3.8) is 0 Å². The van der Waals surface area contributed by atoms with Gasteiger partial charge in [-0.15, -0.1) is 10.2 Å². The Morgan fingerprint density at radius 3 is 2.70 bits per heavy atom. The lowest BCUT2D eigenvalue weighted by atomic mass is 10.0. The molecule has 6 rings (SSSR count). The van der Waals surface area contributed by atoms with Gasteiger partial charge in [0.15, 0.2) is 0 Å². The highest BCUT2D eigenvalue weighted by Crippen LogP contribution is 2.46. The number of hydrogen-bond donors (Lipinski definition) is 0. The van der Waals surface area contributed by atoms with Crippen LogP contribution in [0.5, 0.6) is 0 Å². The van der Waals surface area contributed by atoms with Crippen molar-refractivity contribution in [1.29, 1.82) is 0 Å². The molecule has 0 amide bonds. The minimum atomic E-state index is -0.502. The Bertz CT molecular complexity index is 1520. The van der Waals surface area contributed by atoms with Crippen molar-refractivity contribution in [2.45, 2.75) is 25.2 Å². The number of fused-ring (bicyclic) bond motifs is 3. The maximum Gasteiger partial charge on any atom is 0.257 e. The first kappa shape index (κ1) is 20.1. The van der Waals surface area contributed by atoms with Gasteiger partial charge in [0.25, 0.3) is 5.78 Å². The first-order chi connectivity index (χ1) is 15.9. The van der Waals surface area contributed by atoms with Gasteiger partial charge in [-0.05, 0) is 48.7 Å². The SMILES string of the molecule is CN(c1cccc(-c2ccc(C3(C)CC3)nc2)c1)c1nc2nncn2c2cc(Cl)c(F)cc12. The fourth-order valence-electron chi connectivity index (χ4n) is 4.18. The number of halogens is 2. The number of anilines is 2. The minimum absolute atomic E-state index is 0.0373. The van der Waals surface area contributed by atoms with Crippen molar-refractivity contribution >= 4 is 39.8 Å². The van der Waals surface area contributed by atoms with Crippen LogP contribution in [0.2, 0.25) is 5.02 Å². The molecule has 1 fully saturated rings. The van der Waals surface area contributed by atoms with E-state index in [2.05, 4.69) is 46.4 Å². The summed E-state index contributed by atoms with van der Waals surface area (Å²) in [5, 5.41) is 8.68. The summed E-state index contributed by atoms with van der Waals surface area (Å²) < 4.78 is 16.1. The van der Waals surface area contributed by atoms with Crippen LogP contribution in [0.15, 0.2) is 61.1 Å². The lowest BCUT2D eigenvalue weighted by Crippen LogP contribution is -2.13. The number of pyridine rings is 1. The molecule has 0 bridgehead atoms. The molecule has 8 heteroatoms. The van der Waals surface area contributed by atoms with Gasteiger partial charge in [-0.2, -0.15) is 4.98 Å². The van der Waals surface area contributed by atoms with Gasteiger partial charge in [-0.25, -0.2) is 4.39 Å². The van der Waals surface area contributed by atoms with Crippen LogP contribution in [0, 0.1) is 5.82 Å². The Morgan fingerprint density at radius 2 is 1.94 bits per heavy atom. The highest BCUT2D eigenvalue weighted by molar-refractivity contribution is 6.31. The maximum absolute atomic E-state index is 14.4. The van der Waals surface area contributed by atoms with Gasteiger partial charge < -0.3 is 4.90 Å². The Hall–Kier alpha value is -3.58. The Morgan fingerprint density at radius 1 is 1.09 bits per heavy atom. The summed E-state index contributed by atoms with van der Waals surface area (Å²) in [6.07, 6.45) is 5.87. The molecule has 0 aliphatic heterocycles. The number of nitrogens with zero attached hydrogens (tertiary/aromatic N) is 6. The molecular formula is C25H20ClFN6. The van der Waals surface area contributed by atoms with Crippen LogP contribution in [-0.2, 0) is 5.41 Å². The number of aromatic nitrogens is 5. The third kappa shape index (κ3) is 3.31. The largest absolute Gasteiger partial charge is 0.329 e. The molecule has 6 nitrogen and oxygen atoms in total. The van der Waals surface area contributed by atoms with Crippen LogP contribution in [0.1, 0.15) is 25.5 Å². The average molecular weight is 459 g/mol. The van der Waals surface area contributed by atoms with E-state index in [9.17, 15) is 4.39 Å². The molecule has 2 aromatic carbocycles. The Kier molecular flexibility index (Phi) is 4.39. The zero-order valence-electron chi connectivity index (χ0n) is 18.1. The molecule has 3 aromatic heterocycles. The molecule has 1 aliphatic carbocycles. The molecule has 5 aromatic rings. The smallest absolute Gasteiger partial charge is 0.257 e. The van der Waals surface area contributed by atoms with Crippen LogP contribution in [0.4, 0.5) is 15.9 Å². The Labute approximate surface area is 194 Å². The van der Waals surface area contributed by atoms with Gasteiger partial charge in [-0.1, -0.05) is 36.7 Å². The summed E-state index contributed by atoms with van der Waals surface area (Å²) in [6, 6.07) is 15.3. The molecule has 33 heavy (non-hydrogen) atoms. The minimum Gasteiger partial charge on any atom is -0.329 e. The van der Waals surface area contributed by atoms with Crippen molar-refractivity contribution in [2.24, 2.45) is 0 Å². The highest BCUT2D eigenvalue weighted by atomic mass is 35.5.